The first kappa shape index (κ1) is 10.5. The molecule has 0 amide bonds. The summed E-state index contributed by atoms with van der Waals surface area (Å²) in [5, 5.41) is 12.7. The highest BCUT2D eigenvalue weighted by molar-refractivity contribution is 5.99. The Bertz CT molecular complexity index is 373. The minimum Gasteiger partial charge on any atom is -0.293 e. The number of hydrogen-bond acceptors (Lipinski definition) is 3. The molecule has 4 nitrogen and oxygen atoms in total. The molecule has 0 saturated carbocycles. The normalized spacial score (nSPS) is 12.5. The summed E-state index contributed by atoms with van der Waals surface area (Å²) in [5.74, 6) is -0.678. The Morgan fingerprint density at radius 2 is 2.29 bits per heavy atom. The van der Waals surface area contributed by atoms with Crippen molar-refractivity contribution in [3.8, 4) is 6.07 Å². The molecule has 1 aromatic heterocycles. The molecule has 4 heteroatoms. The lowest BCUT2D eigenvalue weighted by Crippen LogP contribution is -2.18. The lowest BCUT2D eigenvalue weighted by molar-refractivity contribution is 0.0924. The summed E-state index contributed by atoms with van der Waals surface area (Å²) in [6, 6.07) is 2.02. The van der Waals surface area contributed by atoms with Crippen LogP contribution >= 0.6 is 0 Å². The molecule has 0 spiro atoms. The molecule has 0 aliphatic rings. The Kier molecular flexibility index (Phi) is 3.03. The van der Waals surface area contributed by atoms with Gasteiger partial charge in [0, 0.05) is 13.2 Å². The van der Waals surface area contributed by atoms with E-state index in [1.165, 1.54) is 6.20 Å². The zero-order valence-corrected chi connectivity index (χ0v) is 8.56. The number of carbonyl (C=O) groups excluding carboxylic acids is 1. The number of aryl methyl sites for hydroxylation is 1. The first-order valence-electron chi connectivity index (χ1n) is 4.48. The van der Waals surface area contributed by atoms with Gasteiger partial charge >= 0.3 is 0 Å². The molecule has 1 rings (SSSR count). The smallest absolute Gasteiger partial charge is 0.183 e. The number of hydrogen-bond donors (Lipinski definition) is 0. The van der Waals surface area contributed by atoms with Gasteiger partial charge in [-0.2, -0.15) is 10.4 Å². The van der Waals surface area contributed by atoms with Gasteiger partial charge in [0.2, 0.25) is 0 Å². The molecule has 14 heavy (non-hydrogen) atoms. The Morgan fingerprint density at radius 3 is 2.64 bits per heavy atom. The van der Waals surface area contributed by atoms with E-state index in [1.807, 2.05) is 19.9 Å². The fourth-order valence-electron chi connectivity index (χ4n) is 1.24. The molecule has 1 unspecified atom stereocenters. The van der Waals surface area contributed by atoms with Crippen molar-refractivity contribution in [3.63, 3.8) is 0 Å². The summed E-state index contributed by atoms with van der Waals surface area (Å²) in [4.78, 5) is 11.8. The highest BCUT2D eigenvalue weighted by Gasteiger charge is 2.23. The van der Waals surface area contributed by atoms with Gasteiger partial charge in [-0.05, 0) is 5.92 Å². The van der Waals surface area contributed by atoms with Crippen LogP contribution in [0.15, 0.2) is 12.4 Å². The van der Waals surface area contributed by atoms with Gasteiger partial charge in [-0.3, -0.25) is 9.48 Å². The first-order valence-corrected chi connectivity index (χ1v) is 4.48. The second-order valence-electron chi connectivity index (χ2n) is 3.62. The Balaban J connectivity index is 2.90. The summed E-state index contributed by atoms with van der Waals surface area (Å²) in [5.41, 5.74) is 0.507. The highest BCUT2D eigenvalue weighted by Crippen LogP contribution is 2.15. The Morgan fingerprint density at radius 1 is 1.64 bits per heavy atom. The van der Waals surface area contributed by atoms with Crippen LogP contribution in [-0.4, -0.2) is 15.6 Å². The van der Waals surface area contributed by atoms with Crippen LogP contribution in [0, 0.1) is 23.2 Å². The van der Waals surface area contributed by atoms with Crippen molar-refractivity contribution < 1.29 is 4.79 Å². The lowest BCUT2D eigenvalue weighted by Gasteiger charge is -2.09. The van der Waals surface area contributed by atoms with Crippen LogP contribution in [-0.2, 0) is 7.05 Å². The quantitative estimate of drug-likeness (QED) is 0.678. The van der Waals surface area contributed by atoms with Gasteiger partial charge < -0.3 is 0 Å². The number of carbonyl (C=O) groups is 1. The number of nitriles is 1. The van der Waals surface area contributed by atoms with Crippen LogP contribution in [0.1, 0.15) is 24.2 Å². The molecule has 74 valence electrons. The summed E-state index contributed by atoms with van der Waals surface area (Å²) in [6.07, 6.45) is 3.13. The molecule has 0 aliphatic heterocycles. The summed E-state index contributed by atoms with van der Waals surface area (Å²) in [6.45, 7) is 3.73. The van der Waals surface area contributed by atoms with Crippen molar-refractivity contribution in [1.29, 1.82) is 5.26 Å². The van der Waals surface area contributed by atoms with E-state index in [1.54, 1.807) is 17.9 Å². The van der Waals surface area contributed by atoms with Gasteiger partial charge in [0.05, 0.1) is 17.8 Å². The van der Waals surface area contributed by atoms with Crippen molar-refractivity contribution in [1.82, 2.24) is 9.78 Å². The van der Waals surface area contributed by atoms with Gasteiger partial charge in [-0.15, -0.1) is 0 Å². The molecular formula is C10H13N3O. The summed E-state index contributed by atoms with van der Waals surface area (Å²) in [7, 11) is 1.74. The third-order valence-corrected chi connectivity index (χ3v) is 2.08. The summed E-state index contributed by atoms with van der Waals surface area (Å²) < 4.78 is 1.56. The fraction of sp³-hybridized carbons (Fsp3) is 0.500. The standard InChI is InChI=1S/C10H13N3O/c1-7(2)9(4-11)10(14)8-5-12-13(3)6-8/h5-7,9H,1-3H3. The van der Waals surface area contributed by atoms with Gasteiger partial charge in [0.15, 0.2) is 5.78 Å². The van der Waals surface area contributed by atoms with Crippen molar-refractivity contribution >= 4 is 5.78 Å². The maximum atomic E-state index is 11.8. The Labute approximate surface area is 83.1 Å². The maximum Gasteiger partial charge on any atom is 0.183 e. The van der Waals surface area contributed by atoms with Crippen molar-refractivity contribution in [2.75, 3.05) is 0 Å². The van der Waals surface area contributed by atoms with Crippen molar-refractivity contribution in [3.05, 3.63) is 18.0 Å². The second-order valence-corrected chi connectivity index (χ2v) is 3.62. The minimum atomic E-state index is -0.570. The average molecular weight is 191 g/mol. The van der Waals surface area contributed by atoms with Gasteiger partial charge in [0.1, 0.15) is 5.92 Å². The van der Waals surface area contributed by atoms with E-state index in [9.17, 15) is 4.79 Å². The van der Waals surface area contributed by atoms with Crippen LogP contribution in [0.2, 0.25) is 0 Å². The topological polar surface area (TPSA) is 58.7 Å². The van der Waals surface area contributed by atoms with E-state index >= 15 is 0 Å². The molecule has 0 radical (unpaired) electrons. The van der Waals surface area contributed by atoms with Gasteiger partial charge in [-0.1, -0.05) is 13.8 Å². The minimum absolute atomic E-state index is 0.0349. The zero-order valence-electron chi connectivity index (χ0n) is 8.56. The molecule has 1 aromatic rings. The second kappa shape index (κ2) is 4.05. The molecule has 0 saturated heterocycles. The van der Waals surface area contributed by atoms with E-state index in [-0.39, 0.29) is 11.7 Å². The van der Waals surface area contributed by atoms with E-state index in [4.69, 9.17) is 5.26 Å². The maximum absolute atomic E-state index is 11.8. The van der Waals surface area contributed by atoms with Crippen LogP contribution in [0.25, 0.3) is 0 Å². The molecule has 0 bridgehead atoms. The molecule has 0 aliphatic carbocycles. The lowest BCUT2D eigenvalue weighted by atomic mass is 9.90. The SMILES string of the molecule is CC(C)C(C#N)C(=O)c1cnn(C)c1. The van der Waals surface area contributed by atoms with E-state index < -0.39 is 5.92 Å². The predicted octanol–water partition coefficient (Wildman–Crippen LogP) is 1.40. The van der Waals surface area contributed by atoms with E-state index in [0.717, 1.165) is 0 Å². The number of Topliss-reactive ketones (excluding diaryl/α,β-unsaturated/α-hetero) is 1. The molecule has 0 fully saturated rings. The van der Waals surface area contributed by atoms with Crippen LogP contribution in [0.3, 0.4) is 0 Å². The molecule has 0 N–H and O–H groups in total. The van der Waals surface area contributed by atoms with Crippen LogP contribution < -0.4 is 0 Å². The number of ketones is 1. The third kappa shape index (κ3) is 1.99. The molecule has 1 heterocycles. The average Bonchev–Trinajstić information content (AvgIpc) is 2.52. The fourth-order valence-corrected chi connectivity index (χ4v) is 1.24. The first-order chi connectivity index (χ1) is 6.56. The molecular weight excluding hydrogens is 178 g/mol. The highest BCUT2D eigenvalue weighted by atomic mass is 16.1. The largest absolute Gasteiger partial charge is 0.293 e. The monoisotopic (exact) mass is 191 g/mol. The zero-order chi connectivity index (χ0) is 10.7. The van der Waals surface area contributed by atoms with Gasteiger partial charge in [0.25, 0.3) is 0 Å². The number of aromatic nitrogens is 2. The predicted molar refractivity (Wildman–Crippen MR) is 51.5 cm³/mol. The third-order valence-electron chi connectivity index (χ3n) is 2.08. The van der Waals surface area contributed by atoms with Crippen molar-refractivity contribution in [2.24, 2.45) is 18.9 Å². The molecule has 0 aromatic carbocycles. The van der Waals surface area contributed by atoms with Crippen LogP contribution in [0.5, 0.6) is 0 Å². The van der Waals surface area contributed by atoms with Gasteiger partial charge in [-0.25, -0.2) is 0 Å². The molecule has 1 atom stereocenters. The number of rotatable bonds is 3. The van der Waals surface area contributed by atoms with E-state index in [2.05, 4.69) is 5.10 Å². The number of nitrogens with zero attached hydrogens (tertiary/aromatic N) is 3. The summed E-state index contributed by atoms with van der Waals surface area (Å²) >= 11 is 0. The van der Waals surface area contributed by atoms with Crippen LogP contribution in [0.4, 0.5) is 0 Å². The van der Waals surface area contributed by atoms with Crippen molar-refractivity contribution in [2.45, 2.75) is 13.8 Å². The van der Waals surface area contributed by atoms with E-state index in [0.29, 0.717) is 5.56 Å². The Hall–Kier alpha value is -1.63.